The van der Waals surface area contributed by atoms with E-state index in [1.165, 1.54) is 4.88 Å². The third-order valence-corrected chi connectivity index (χ3v) is 5.34. The molecule has 0 saturated heterocycles. The molecule has 25 heavy (non-hydrogen) atoms. The van der Waals surface area contributed by atoms with Gasteiger partial charge in [-0.25, -0.2) is 0 Å². The lowest BCUT2D eigenvalue weighted by Gasteiger charge is -2.37. The van der Waals surface area contributed by atoms with E-state index in [1.807, 2.05) is 48.5 Å². The van der Waals surface area contributed by atoms with E-state index in [4.69, 9.17) is 4.74 Å². The Morgan fingerprint density at radius 1 is 1.08 bits per heavy atom. The van der Waals surface area contributed by atoms with Gasteiger partial charge in [0, 0.05) is 21.5 Å². The number of hydrogen-bond donors (Lipinski definition) is 1. The van der Waals surface area contributed by atoms with E-state index < -0.39 is 0 Å². The molecule has 5 heteroatoms. The molecule has 0 aliphatic carbocycles. The van der Waals surface area contributed by atoms with Gasteiger partial charge >= 0.3 is 0 Å². The largest absolute Gasteiger partial charge is 0.497 e. The van der Waals surface area contributed by atoms with Crippen LogP contribution in [0.1, 0.15) is 26.3 Å². The number of methoxy groups -OCH3 is 1. The second kappa shape index (κ2) is 6.26. The highest BCUT2D eigenvalue weighted by Gasteiger charge is 2.34. The third-order valence-electron chi connectivity index (χ3n) is 4.29. The fourth-order valence-corrected chi connectivity index (χ4v) is 4.00. The van der Waals surface area contributed by atoms with Gasteiger partial charge in [0.15, 0.2) is 0 Å². The van der Waals surface area contributed by atoms with Gasteiger partial charge < -0.3 is 10.1 Å². The van der Waals surface area contributed by atoms with Crippen molar-refractivity contribution in [2.24, 2.45) is 0 Å². The van der Waals surface area contributed by atoms with Crippen LogP contribution in [0.15, 0.2) is 60.7 Å². The summed E-state index contributed by atoms with van der Waals surface area (Å²) < 4.78 is 5.34. The van der Waals surface area contributed by atoms with Crippen molar-refractivity contribution in [2.75, 3.05) is 17.3 Å². The van der Waals surface area contributed by atoms with Gasteiger partial charge in [0.25, 0.3) is 5.91 Å². The Morgan fingerprint density at radius 3 is 2.68 bits per heavy atom. The van der Waals surface area contributed by atoms with Crippen molar-refractivity contribution in [3.05, 3.63) is 76.0 Å². The summed E-state index contributed by atoms with van der Waals surface area (Å²) in [6.45, 7) is 2.07. The minimum atomic E-state index is -0.242. The monoisotopic (exact) mass is 350 g/mol. The van der Waals surface area contributed by atoms with Crippen LogP contribution >= 0.6 is 11.3 Å². The van der Waals surface area contributed by atoms with Gasteiger partial charge in [-0.05, 0) is 43.3 Å². The average Bonchev–Trinajstić information content (AvgIpc) is 3.08. The number of para-hydroxylation sites is 1. The van der Waals surface area contributed by atoms with Crippen LogP contribution in [0.25, 0.3) is 0 Å². The first-order valence-electron chi connectivity index (χ1n) is 8.07. The lowest BCUT2D eigenvalue weighted by Crippen LogP contribution is -2.42. The number of aryl methyl sites for hydroxylation is 1. The average molecular weight is 350 g/mol. The smallest absolute Gasteiger partial charge is 0.262 e. The van der Waals surface area contributed by atoms with E-state index in [9.17, 15) is 4.79 Å². The first-order chi connectivity index (χ1) is 12.2. The summed E-state index contributed by atoms with van der Waals surface area (Å²) in [7, 11) is 1.63. The number of carbonyl (C=O) groups is 1. The summed E-state index contributed by atoms with van der Waals surface area (Å²) in [6.07, 6.45) is -0.242. The second-order valence-electron chi connectivity index (χ2n) is 5.92. The van der Waals surface area contributed by atoms with Gasteiger partial charge in [-0.3, -0.25) is 9.69 Å². The second-order valence-corrected chi connectivity index (χ2v) is 7.24. The standard InChI is InChI=1S/C20H18N2O2S/c1-13-10-11-18(25-13)19-21-17-9-4-3-8-16(17)20(23)22(19)14-6-5-7-15(12-14)24-2/h3-12,19,21H,1-2H3. The van der Waals surface area contributed by atoms with Crippen molar-refractivity contribution in [1.29, 1.82) is 0 Å². The van der Waals surface area contributed by atoms with Crippen LogP contribution in [-0.4, -0.2) is 13.0 Å². The van der Waals surface area contributed by atoms with Crippen molar-refractivity contribution in [1.82, 2.24) is 0 Å². The summed E-state index contributed by atoms with van der Waals surface area (Å²) in [4.78, 5) is 17.4. The van der Waals surface area contributed by atoms with Gasteiger partial charge in [0.05, 0.1) is 18.4 Å². The number of benzene rings is 2. The number of hydrogen-bond acceptors (Lipinski definition) is 4. The molecule has 126 valence electrons. The van der Waals surface area contributed by atoms with E-state index >= 15 is 0 Å². The molecule has 3 aromatic rings. The Hall–Kier alpha value is -2.79. The summed E-state index contributed by atoms with van der Waals surface area (Å²) in [6, 6.07) is 19.4. The quantitative estimate of drug-likeness (QED) is 0.735. The third kappa shape index (κ3) is 2.76. The molecule has 1 N–H and O–H groups in total. The van der Waals surface area contributed by atoms with Crippen LogP contribution in [0.2, 0.25) is 0 Å². The molecule has 2 heterocycles. The summed E-state index contributed by atoms with van der Waals surface area (Å²) in [5.41, 5.74) is 2.35. The fraction of sp³-hybridized carbons (Fsp3) is 0.150. The van der Waals surface area contributed by atoms with Crippen molar-refractivity contribution in [3.63, 3.8) is 0 Å². The number of amides is 1. The first-order valence-corrected chi connectivity index (χ1v) is 8.88. The molecule has 1 aliphatic heterocycles. The summed E-state index contributed by atoms with van der Waals surface area (Å²) in [5.74, 6) is 0.712. The Bertz CT molecular complexity index is 935. The first kappa shape index (κ1) is 15.7. The minimum Gasteiger partial charge on any atom is -0.497 e. The molecule has 1 aliphatic rings. The van der Waals surface area contributed by atoms with Gasteiger partial charge in [-0.2, -0.15) is 0 Å². The van der Waals surface area contributed by atoms with E-state index in [0.29, 0.717) is 5.56 Å². The maximum Gasteiger partial charge on any atom is 0.262 e. The Labute approximate surface area is 150 Å². The zero-order chi connectivity index (χ0) is 17.4. The maximum absolute atomic E-state index is 13.3. The van der Waals surface area contributed by atoms with Crippen LogP contribution in [-0.2, 0) is 0 Å². The normalized spacial score (nSPS) is 16.3. The molecule has 1 amide bonds. The summed E-state index contributed by atoms with van der Waals surface area (Å²) >= 11 is 1.69. The number of rotatable bonds is 3. The number of anilines is 2. The summed E-state index contributed by atoms with van der Waals surface area (Å²) in [5, 5.41) is 3.52. The molecule has 0 spiro atoms. The Morgan fingerprint density at radius 2 is 1.92 bits per heavy atom. The lowest BCUT2D eigenvalue weighted by atomic mass is 10.1. The lowest BCUT2D eigenvalue weighted by molar-refractivity contribution is 0.0975. The number of carbonyl (C=O) groups excluding carboxylic acids is 1. The zero-order valence-electron chi connectivity index (χ0n) is 14.0. The molecule has 1 atom stereocenters. The topological polar surface area (TPSA) is 41.6 Å². The van der Waals surface area contributed by atoms with Crippen molar-refractivity contribution in [2.45, 2.75) is 13.1 Å². The van der Waals surface area contributed by atoms with Gasteiger partial charge in [0.2, 0.25) is 0 Å². The fourth-order valence-electron chi connectivity index (χ4n) is 3.08. The SMILES string of the molecule is COc1cccc(N2C(=O)c3ccccc3NC2c2ccc(C)s2)c1. The molecule has 1 aromatic heterocycles. The van der Waals surface area contributed by atoms with Crippen LogP contribution < -0.4 is 15.0 Å². The highest BCUT2D eigenvalue weighted by molar-refractivity contribution is 7.12. The molecule has 4 rings (SSSR count). The molecular formula is C20H18N2O2S. The number of ether oxygens (including phenoxy) is 1. The molecule has 0 radical (unpaired) electrons. The van der Waals surface area contributed by atoms with Crippen molar-refractivity contribution >= 4 is 28.6 Å². The van der Waals surface area contributed by atoms with E-state index in [-0.39, 0.29) is 12.1 Å². The van der Waals surface area contributed by atoms with E-state index in [2.05, 4.69) is 24.4 Å². The van der Waals surface area contributed by atoms with E-state index in [1.54, 1.807) is 23.3 Å². The molecular weight excluding hydrogens is 332 g/mol. The minimum absolute atomic E-state index is 0.0151. The number of nitrogens with one attached hydrogen (secondary N) is 1. The van der Waals surface area contributed by atoms with Crippen LogP contribution in [0.4, 0.5) is 11.4 Å². The molecule has 1 unspecified atom stereocenters. The Balaban J connectivity index is 1.86. The zero-order valence-corrected chi connectivity index (χ0v) is 14.8. The van der Waals surface area contributed by atoms with E-state index in [0.717, 1.165) is 22.0 Å². The van der Waals surface area contributed by atoms with Gasteiger partial charge in [-0.15, -0.1) is 11.3 Å². The molecule has 0 saturated carbocycles. The molecule has 0 bridgehead atoms. The number of fused-ring (bicyclic) bond motifs is 1. The van der Waals surface area contributed by atoms with Gasteiger partial charge in [-0.1, -0.05) is 18.2 Å². The van der Waals surface area contributed by atoms with Crippen LogP contribution in [0.3, 0.4) is 0 Å². The maximum atomic E-state index is 13.3. The number of nitrogens with zero attached hydrogens (tertiary/aromatic N) is 1. The molecule has 2 aromatic carbocycles. The van der Waals surface area contributed by atoms with Gasteiger partial charge in [0.1, 0.15) is 11.9 Å². The predicted molar refractivity (Wildman–Crippen MR) is 102 cm³/mol. The Kier molecular flexibility index (Phi) is 3.93. The molecule has 4 nitrogen and oxygen atoms in total. The highest BCUT2D eigenvalue weighted by Crippen LogP contribution is 2.39. The van der Waals surface area contributed by atoms with Crippen LogP contribution in [0, 0.1) is 6.92 Å². The highest BCUT2D eigenvalue weighted by atomic mass is 32.1. The van der Waals surface area contributed by atoms with Crippen molar-refractivity contribution < 1.29 is 9.53 Å². The molecule has 0 fully saturated rings. The van der Waals surface area contributed by atoms with Crippen molar-refractivity contribution in [3.8, 4) is 5.75 Å². The number of thiophene rings is 1. The predicted octanol–water partition coefficient (Wildman–Crippen LogP) is 4.84. The van der Waals surface area contributed by atoms with Crippen LogP contribution in [0.5, 0.6) is 5.75 Å².